The number of nitrogens with zero attached hydrogens (tertiary/aromatic N) is 3. The molecule has 25 heavy (non-hydrogen) atoms. The van der Waals surface area contributed by atoms with Gasteiger partial charge in [-0.2, -0.15) is 0 Å². The van der Waals surface area contributed by atoms with Gasteiger partial charge in [0.15, 0.2) is 5.96 Å². The first kappa shape index (κ1) is 19.5. The molecule has 1 saturated heterocycles. The molecule has 0 atom stereocenters. The minimum atomic E-state index is -0.186. The summed E-state index contributed by atoms with van der Waals surface area (Å²) in [6.45, 7) is 4.13. The number of para-hydroxylation sites is 1. The van der Waals surface area contributed by atoms with E-state index in [-0.39, 0.29) is 29.8 Å². The molecule has 0 aliphatic carbocycles. The molecule has 1 fully saturated rings. The van der Waals surface area contributed by atoms with Crippen LogP contribution < -0.4 is 10.2 Å². The maximum Gasteiger partial charge on any atom is 0.194 e. The number of guanidine groups is 1. The van der Waals surface area contributed by atoms with Crippen molar-refractivity contribution in [3.8, 4) is 0 Å². The maximum atomic E-state index is 13.7. The van der Waals surface area contributed by atoms with Gasteiger partial charge in [0, 0.05) is 51.0 Å². The van der Waals surface area contributed by atoms with E-state index < -0.39 is 0 Å². The molecule has 0 unspecified atom stereocenters. The van der Waals surface area contributed by atoms with Crippen LogP contribution >= 0.6 is 24.0 Å². The van der Waals surface area contributed by atoms with E-state index in [9.17, 15) is 4.39 Å². The summed E-state index contributed by atoms with van der Waals surface area (Å²) in [4.78, 5) is 8.94. The molecule has 0 radical (unpaired) electrons. The quantitative estimate of drug-likeness (QED) is 0.439. The fourth-order valence-corrected chi connectivity index (χ4v) is 2.96. The molecule has 0 bridgehead atoms. The van der Waals surface area contributed by atoms with Crippen molar-refractivity contribution in [2.45, 2.75) is 6.54 Å². The number of aliphatic imine (C=N–C) groups is 1. The third-order valence-electron chi connectivity index (χ3n) is 4.31. The van der Waals surface area contributed by atoms with Crippen molar-refractivity contribution in [2.75, 3.05) is 38.1 Å². The normalized spacial score (nSPS) is 14.9. The van der Waals surface area contributed by atoms with Crippen LogP contribution in [0, 0.1) is 5.82 Å². The van der Waals surface area contributed by atoms with Crippen LogP contribution in [-0.2, 0) is 6.54 Å². The molecule has 2 aromatic rings. The highest BCUT2D eigenvalue weighted by Crippen LogP contribution is 2.15. The lowest BCUT2D eigenvalue weighted by Crippen LogP contribution is -2.52. The van der Waals surface area contributed by atoms with Crippen molar-refractivity contribution < 1.29 is 4.39 Å². The number of benzene rings is 2. The zero-order valence-corrected chi connectivity index (χ0v) is 16.7. The van der Waals surface area contributed by atoms with Gasteiger partial charge in [-0.15, -0.1) is 24.0 Å². The molecule has 134 valence electrons. The Kier molecular flexibility index (Phi) is 7.49. The minimum absolute atomic E-state index is 0. The molecule has 3 rings (SSSR count). The predicted molar refractivity (Wildman–Crippen MR) is 112 cm³/mol. The van der Waals surface area contributed by atoms with E-state index in [0.717, 1.165) is 32.1 Å². The zero-order chi connectivity index (χ0) is 16.8. The summed E-state index contributed by atoms with van der Waals surface area (Å²) in [6.07, 6.45) is 0. The van der Waals surface area contributed by atoms with Crippen LogP contribution in [0.5, 0.6) is 0 Å². The number of hydrogen-bond donors (Lipinski definition) is 1. The second-order valence-corrected chi connectivity index (χ2v) is 5.80. The van der Waals surface area contributed by atoms with Crippen LogP contribution in [0.4, 0.5) is 10.1 Å². The Balaban J connectivity index is 0.00000225. The maximum absolute atomic E-state index is 13.7. The van der Waals surface area contributed by atoms with E-state index in [1.54, 1.807) is 19.2 Å². The highest BCUT2D eigenvalue weighted by atomic mass is 127. The fraction of sp³-hybridized carbons (Fsp3) is 0.316. The molecule has 1 heterocycles. The highest BCUT2D eigenvalue weighted by molar-refractivity contribution is 14.0. The highest BCUT2D eigenvalue weighted by Gasteiger charge is 2.19. The molecule has 1 N–H and O–H groups in total. The summed E-state index contributed by atoms with van der Waals surface area (Å²) in [5.74, 6) is 0.639. The number of rotatable bonds is 3. The minimum Gasteiger partial charge on any atom is -0.368 e. The summed E-state index contributed by atoms with van der Waals surface area (Å²) in [7, 11) is 1.77. The van der Waals surface area contributed by atoms with Crippen molar-refractivity contribution in [1.29, 1.82) is 0 Å². The lowest BCUT2D eigenvalue weighted by molar-refractivity contribution is 0.372. The van der Waals surface area contributed by atoms with Crippen LogP contribution in [-0.4, -0.2) is 44.1 Å². The van der Waals surface area contributed by atoms with Gasteiger partial charge in [-0.05, 0) is 18.2 Å². The molecule has 1 aliphatic rings. The van der Waals surface area contributed by atoms with Gasteiger partial charge in [0.2, 0.25) is 0 Å². The Labute approximate surface area is 165 Å². The first-order valence-corrected chi connectivity index (χ1v) is 8.27. The molecule has 6 heteroatoms. The number of anilines is 1. The molecule has 0 spiro atoms. The van der Waals surface area contributed by atoms with Crippen molar-refractivity contribution >= 4 is 35.6 Å². The summed E-state index contributed by atoms with van der Waals surface area (Å²) in [5.41, 5.74) is 1.91. The average molecular weight is 454 g/mol. The summed E-state index contributed by atoms with van der Waals surface area (Å²) >= 11 is 0. The number of piperazine rings is 1. The van der Waals surface area contributed by atoms with E-state index in [1.807, 2.05) is 12.1 Å². The Morgan fingerprint density at radius 3 is 2.28 bits per heavy atom. The third kappa shape index (κ3) is 5.07. The predicted octanol–water partition coefficient (Wildman–Crippen LogP) is 3.34. The van der Waals surface area contributed by atoms with Crippen LogP contribution in [0.25, 0.3) is 0 Å². The van der Waals surface area contributed by atoms with E-state index in [1.165, 1.54) is 11.8 Å². The van der Waals surface area contributed by atoms with Gasteiger partial charge >= 0.3 is 0 Å². The van der Waals surface area contributed by atoms with E-state index in [0.29, 0.717) is 12.1 Å². The fourth-order valence-electron chi connectivity index (χ4n) is 2.96. The molecular weight excluding hydrogens is 430 g/mol. The van der Waals surface area contributed by atoms with E-state index in [2.05, 4.69) is 44.4 Å². The summed E-state index contributed by atoms with van der Waals surface area (Å²) < 4.78 is 13.7. The molecule has 0 saturated carbocycles. The van der Waals surface area contributed by atoms with Crippen molar-refractivity contribution in [2.24, 2.45) is 4.99 Å². The van der Waals surface area contributed by atoms with Crippen LogP contribution in [0.3, 0.4) is 0 Å². The number of halogens is 2. The molecule has 2 aromatic carbocycles. The second-order valence-electron chi connectivity index (χ2n) is 5.80. The van der Waals surface area contributed by atoms with Crippen LogP contribution in [0.15, 0.2) is 59.6 Å². The standard InChI is InChI=1S/C19H23FN4.HI/c1-21-19(22-15-16-7-5-6-10-18(16)20)24-13-11-23(12-14-24)17-8-3-2-4-9-17;/h2-10H,11-15H2,1H3,(H,21,22);1H. The smallest absolute Gasteiger partial charge is 0.194 e. The average Bonchev–Trinajstić information content (AvgIpc) is 2.65. The lowest BCUT2D eigenvalue weighted by Gasteiger charge is -2.37. The summed E-state index contributed by atoms with van der Waals surface area (Å²) in [6, 6.07) is 17.3. The van der Waals surface area contributed by atoms with Gasteiger partial charge < -0.3 is 15.1 Å². The van der Waals surface area contributed by atoms with Gasteiger partial charge in [0.25, 0.3) is 0 Å². The Hall–Kier alpha value is -1.83. The SMILES string of the molecule is CN=C(NCc1ccccc1F)N1CCN(c2ccccc2)CC1.I. The number of hydrogen-bond acceptors (Lipinski definition) is 2. The molecule has 0 aromatic heterocycles. The van der Waals surface area contributed by atoms with Crippen molar-refractivity contribution in [1.82, 2.24) is 10.2 Å². The van der Waals surface area contributed by atoms with Gasteiger partial charge in [0.1, 0.15) is 5.82 Å². The lowest BCUT2D eigenvalue weighted by atomic mass is 10.2. The molecule has 0 amide bonds. The first-order valence-electron chi connectivity index (χ1n) is 8.27. The topological polar surface area (TPSA) is 30.9 Å². The molecule has 4 nitrogen and oxygen atoms in total. The Morgan fingerprint density at radius 2 is 1.64 bits per heavy atom. The Morgan fingerprint density at radius 1 is 1.00 bits per heavy atom. The first-order chi connectivity index (χ1) is 11.8. The van der Waals surface area contributed by atoms with Gasteiger partial charge in [-0.1, -0.05) is 36.4 Å². The van der Waals surface area contributed by atoms with Crippen molar-refractivity contribution in [3.05, 3.63) is 66.0 Å². The molecule has 1 aliphatic heterocycles. The second kappa shape index (κ2) is 9.60. The van der Waals surface area contributed by atoms with Gasteiger partial charge in [-0.25, -0.2) is 4.39 Å². The Bertz CT molecular complexity index is 685. The van der Waals surface area contributed by atoms with E-state index in [4.69, 9.17) is 0 Å². The third-order valence-corrected chi connectivity index (χ3v) is 4.31. The van der Waals surface area contributed by atoms with Crippen LogP contribution in [0.1, 0.15) is 5.56 Å². The monoisotopic (exact) mass is 454 g/mol. The van der Waals surface area contributed by atoms with Gasteiger partial charge in [0.05, 0.1) is 0 Å². The van der Waals surface area contributed by atoms with Gasteiger partial charge in [-0.3, -0.25) is 4.99 Å². The zero-order valence-electron chi connectivity index (χ0n) is 14.4. The summed E-state index contributed by atoms with van der Waals surface area (Å²) in [5, 5.41) is 3.27. The van der Waals surface area contributed by atoms with Crippen LogP contribution in [0.2, 0.25) is 0 Å². The van der Waals surface area contributed by atoms with Crippen molar-refractivity contribution in [3.63, 3.8) is 0 Å². The number of nitrogens with one attached hydrogen (secondary N) is 1. The largest absolute Gasteiger partial charge is 0.368 e. The van der Waals surface area contributed by atoms with E-state index >= 15 is 0 Å². The molecular formula is C19H24FIN4.